The molecule has 0 heterocycles. The van der Waals surface area contributed by atoms with Crippen molar-refractivity contribution in [3.8, 4) is 0 Å². The molecule has 36 heavy (non-hydrogen) atoms. The van der Waals surface area contributed by atoms with Gasteiger partial charge in [-0.05, 0) is 12.8 Å². The van der Waals surface area contributed by atoms with E-state index in [0.29, 0.717) is 0 Å². The summed E-state index contributed by atoms with van der Waals surface area (Å²) in [5.74, 6) is 0. The van der Waals surface area contributed by atoms with Crippen molar-refractivity contribution >= 4 is 0 Å². The average molecular weight is 509 g/mol. The molecule has 0 aromatic carbocycles. The fourth-order valence-corrected chi connectivity index (χ4v) is 5.65. The Kier molecular flexibility index (Phi) is 33.0. The van der Waals surface area contributed by atoms with Gasteiger partial charge in [0.25, 0.3) is 0 Å². The van der Waals surface area contributed by atoms with Crippen LogP contribution in [-0.2, 0) is 0 Å². The smallest absolute Gasteiger partial charge is 0.0540 e. The van der Waals surface area contributed by atoms with E-state index in [1.54, 1.807) is 0 Å². The van der Waals surface area contributed by atoms with Gasteiger partial charge in [-0.3, -0.25) is 0 Å². The second-order valence-corrected chi connectivity index (χ2v) is 12.1. The van der Waals surface area contributed by atoms with Gasteiger partial charge >= 0.3 is 0 Å². The predicted molar refractivity (Wildman–Crippen MR) is 165 cm³/mol. The number of rotatable bonds is 32. The van der Waals surface area contributed by atoms with Crippen molar-refractivity contribution in [2.45, 2.75) is 225 Å². The Bertz CT molecular complexity index is 366. The van der Waals surface area contributed by atoms with Crippen LogP contribution in [0.5, 0.6) is 0 Å². The highest BCUT2D eigenvalue weighted by atomic mass is 16.3. The second-order valence-electron chi connectivity index (χ2n) is 12.1. The van der Waals surface area contributed by atoms with Gasteiger partial charge in [-0.2, -0.15) is 0 Å². The van der Waals surface area contributed by atoms with Gasteiger partial charge in [-0.25, -0.2) is 0 Å². The lowest BCUT2D eigenvalue weighted by Crippen LogP contribution is -2.05. The molecule has 0 fully saturated rings. The highest BCUT2D eigenvalue weighted by Crippen LogP contribution is 2.17. The van der Waals surface area contributed by atoms with Gasteiger partial charge < -0.3 is 5.11 Å². The highest BCUT2D eigenvalue weighted by molar-refractivity contribution is 4.58. The standard InChI is InChI=1S/C35H72O/c1-3-5-7-9-11-13-15-17-19-20-22-24-26-28-30-32-34-35(36)33-31-29-27-25-23-21-18-16-14-12-10-8-6-4-2/h35-36H,3-34H2,1-2H3/t35-/m1/s1. The average Bonchev–Trinajstić information content (AvgIpc) is 2.88. The minimum absolute atomic E-state index is 0.0334. The van der Waals surface area contributed by atoms with Crippen LogP contribution in [0.2, 0.25) is 0 Å². The molecule has 0 bridgehead atoms. The van der Waals surface area contributed by atoms with E-state index in [0.717, 1.165) is 12.8 Å². The van der Waals surface area contributed by atoms with Crippen molar-refractivity contribution in [2.75, 3.05) is 0 Å². The predicted octanol–water partition coefficient (Wildman–Crippen LogP) is 12.9. The van der Waals surface area contributed by atoms with E-state index in [9.17, 15) is 5.11 Å². The molecule has 1 atom stereocenters. The van der Waals surface area contributed by atoms with E-state index in [-0.39, 0.29) is 6.10 Å². The Labute approximate surface area is 230 Å². The Morgan fingerprint density at radius 2 is 0.444 bits per heavy atom. The quantitative estimate of drug-likeness (QED) is 0.0895. The van der Waals surface area contributed by atoms with Crippen molar-refractivity contribution in [1.82, 2.24) is 0 Å². The van der Waals surface area contributed by atoms with Crippen molar-refractivity contribution in [3.05, 3.63) is 0 Å². The molecule has 218 valence electrons. The van der Waals surface area contributed by atoms with Crippen molar-refractivity contribution in [2.24, 2.45) is 0 Å². The molecule has 0 unspecified atom stereocenters. The van der Waals surface area contributed by atoms with Crippen molar-refractivity contribution < 1.29 is 5.11 Å². The number of aliphatic hydroxyl groups is 1. The van der Waals surface area contributed by atoms with Crippen LogP contribution in [0.3, 0.4) is 0 Å². The molecule has 0 rings (SSSR count). The van der Waals surface area contributed by atoms with Crippen LogP contribution in [0.15, 0.2) is 0 Å². The summed E-state index contributed by atoms with van der Waals surface area (Å²) < 4.78 is 0. The third-order valence-corrected chi connectivity index (χ3v) is 8.28. The number of hydrogen-bond donors (Lipinski definition) is 1. The number of aliphatic hydroxyl groups excluding tert-OH is 1. The van der Waals surface area contributed by atoms with Gasteiger partial charge in [-0.1, -0.05) is 206 Å². The van der Waals surface area contributed by atoms with Gasteiger partial charge in [0.15, 0.2) is 0 Å². The normalized spacial score (nSPS) is 12.4. The maximum absolute atomic E-state index is 10.3. The van der Waals surface area contributed by atoms with Crippen LogP contribution in [0.1, 0.15) is 219 Å². The van der Waals surface area contributed by atoms with E-state index >= 15 is 0 Å². The molecular formula is C35H72O. The summed E-state index contributed by atoms with van der Waals surface area (Å²) in [6.45, 7) is 4.59. The van der Waals surface area contributed by atoms with Gasteiger partial charge in [0.05, 0.1) is 6.10 Å². The molecule has 1 nitrogen and oxygen atoms in total. The molecule has 0 amide bonds. The van der Waals surface area contributed by atoms with Gasteiger partial charge in [-0.15, -0.1) is 0 Å². The van der Waals surface area contributed by atoms with E-state index in [1.807, 2.05) is 0 Å². The summed E-state index contributed by atoms with van der Waals surface area (Å²) in [5, 5.41) is 10.3. The minimum Gasteiger partial charge on any atom is -0.393 e. The first kappa shape index (κ1) is 36.0. The molecule has 0 spiro atoms. The van der Waals surface area contributed by atoms with Gasteiger partial charge in [0.1, 0.15) is 0 Å². The molecule has 0 aromatic heterocycles. The summed E-state index contributed by atoms with van der Waals surface area (Å²) in [4.78, 5) is 0. The number of hydrogen-bond acceptors (Lipinski definition) is 1. The van der Waals surface area contributed by atoms with Gasteiger partial charge in [0, 0.05) is 0 Å². The zero-order valence-electron chi connectivity index (χ0n) is 25.7. The Balaban J connectivity index is 3.13. The first-order valence-corrected chi connectivity index (χ1v) is 17.5. The van der Waals surface area contributed by atoms with Crippen molar-refractivity contribution in [1.29, 1.82) is 0 Å². The zero-order valence-corrected chi connectivity index (χ0v) is 25.7. The SMILES string of the molecule is CCCCCCCCCCCCCCCCCC[C@H](O)CCCCCCCCCCCCCCCC. The Hall–Kier alpha value is -0.0400. The maximum Gasteiger partial charge on any atom is 0.0540 e. The second kappa shape index (κ2) is 33.0. The van der Waals surface area contributed by atoms with Crippen molar-refractivity contribution in [3.63, 3.8) is 0 Å². The maximum atomic E-state index is 10.3. The first-order valence-electron chi connectivity index (χ1n) is 17.5. The largest absolute Gasteiger partial charge is 0.393 e. The van der Waals surface area contributed by atoms with E-state index in [1.165, 1.54) is 193 Å². The lowest BCUT2D eigenvalue weighted by molar-refractivity contribution is 0.147. The van der Waals surface area contributed by atoms with Gasteiger partial charge in [0.2, 0.25) is 0 Å². The lowest BCUT2D eigenvalue weighted by Gasteiger charge is -2.10. The molecule has 0 aliphatic carbocycles. The van der Waals surface area contributed by atoms with E-state index in [2.05, 4.69) is 13.8 Å². The van der Waals surface area contributed by atoms with E-state index < -0.39 is 0 Å². The van der Waals surface area contributed by atoms with Crippen LogP contribution in [0.25, 0.3) is 0 Å². The van der Waals surface area contributed by atoms with E-state index in [4.69, 9.17) is 0 Å². The first-order chi connectivity index (χ1) is 17.8. The summed E-state index contributed by atoms with van der Waals surface area (Å²) in [5.41, 5.74) is 0. The highest BCUT2D eigenvalue weighted by Gasteiger charge is 2.04. The fourth-order valence-electron chi connectivity index (χ4n) is 5.65. The fraction of sp³-hybridized carbons (Fsp3) is 1.00. The summed E-state index contributed by atoms with van der Waals surface area (Å²) in [6, 6.07) is 0. The molecular weight excluding hydrogens is 436 g/mol. The number of unbranched alkanes of at least 4 members (excludes halogenated alkanes) is 28. The minimum atomic E-state index is -0.0334. The third kappa shape index (κ3) is 32.0. The topological polar surface area (TPSA) is 20.2 Å². The molecule has 0 saturated carbocycles. The molecule has 0 saturated heterocycles. The summed E-state index contributed by atoms with van der Waals surface area (Å²) in [7, 11) is 0. The zero-order chi connectivity index (χ0) is 26.2. The summed E-state index contributed by atoms with van der Waals surface area (Å²) in [6.07, 6.45) is 44.5. The van der Waals surface area contributed by atoms with Crippen LogP contribution in [0.4, 0.5) is 0 Å². The molecule has 0 radical (unpaired) electrons. The third-order valence-electron chi connectivity index (χ3n) is 8.28. The van der Waals surface area contributed by atoms with Crippen LogP contribution in [-0.4, -0.2) is 11.2 Å². The lowest BCUT2D eigenvalue weighted by atomic mass is 10.0. The molecule has 0 aliphatic heterocycles. The van der Waals surface area contributed by atoms with Crippen LogP contribution < -0.4 is 0 Å². The monoisotopic (exact) mass is 509 g/mol. The summed E-state index contributed by atoms with van der Waals surface area (Å²) >= 11 is 0. The Morgan fingerprint density at radius 3 is 0.639 bits per heavy atom. The van der Waals surface area contributed by atoms with Crippen LogP contribution >= 0.6 is 0 Å². The van der Waals surface area contributed by atoms with Crippen LogP contribution in [0, 0.1) is 0 Å². The molecule has 1 heteroatoms. The molecule has 0 aromatic rings. The Morgan fingerprint density at radius 1 is 0.278 bits per heavy atom. The molecule has 1 N–H and O–H groups in total. The molecule has 0 aliphatic rings.